The highest BCUT2D eigenvalue weighted by Crippen LogP contribution is 2.30. The Morgan fingerprint density at radius 3 is 2.74 bits per heavy atom. The lowest BCUT2D eigenvalue weighted by Gasteiger charge is -2.24. The molecule has 2 N–H and O–H groups in total. The highest BCUT2D eigenvalue weighted by molar-refractivity contribution is 5.79. The van der Waals surface area contributed by atoms with E-state index in [1.807, 2.05) is 23.1 Å². The predicted molar refractivity (Wildman–Crippen MR) is 91.2 cm³/mol. The fourth-order valence-corrected chi connectivity index (χ4v) is 4.02. The van der Waals surface area contributed by atoms with E-state index in [-0.39, 0.29) is 12.0 Å². The number of aromatic hydroxyl groups is 1. The molecule has 1 saturated heterocycles. The zero-order valence-corrected chi connectivity index (χ0v) is 14.0. The van der Waals surface area contributed by atoms with Gasteiger partial charge in [0.2, 0.25) is 5.91 Å². The summed E-state index contributed by atoms with van der Waals surface area (Å²) in [5, 5.41) is 13.7. The average molecular weight is 316 g/mol. The van der Waals surface area contributed by atoms with E-state index in [1.54, 1.807) is 6.07 Å². The summed E-state index contributed by atoms with van der Waals surface area (Å²) in [6.45, 7) is 3.80. The zero-order chi connectivity index (χ0) is 16.2. The molecule has 0 bridgehead atoms. The van der Waals surface area contributed by atoms with E-state index >= 15 is 0 Å². The van der Waals surface area contributed by atoms with Crippen LogP contribution in [0.25, 0.3) is 0 Å². The first kappa shape index (κ1) is 16.3. The van der Waals surface area contributed by atoms with Crippen LogP contribution in [0.5, 0.6) is 5.75 Å². The molecule has 1 aromatic rings. The number of nitrogens with one attached hydrogen (secondary N) is 1. The molecule has 2 atom stereocenters. The van der Waals surface area contributed by atoms with E-state index in [9.17, 15) is 9.90 Å². The minimum Gasteiger partial charge on any atom is -0.508 e. The molecule has 0 unspecified atom stereocenters. The van der Waals surface area contributed by atoms with Crippen LogP contribution in [0.2, 0.25) is 0 Å². The number of hydrogen-bond donors (Lipinski definition) is 2. The molecule has 2 fully saturated rings. The third-order valence-corrected chi connectivity index (χ3v) is 5.36. The summed E-state index contributed by atoms with van der Waals surface area (Å²) in [5.74, 6) is 0.986. The van der Waals surface area contributed by atoms with Crippen molar-refractivity contribution in [2.24, 2.45) is 5.92 Å². The highest BCUT2D eigenvalue weighted by Gasteiger charge is 2.33. The minimum absolute atomic E-state index is 0.141. The molecule has 0 spiro atoms. The molecule has 1 saturated carbocycles. The molecule has 1 heterocycles. The van der Waals surface area contributed by atoms with Crippen LogP contribution in [0.4, 0.5) is 0 Å². The topological polar surface area (TPSA) is 52.6 Å². The van der Waals surface area contributed by atoms with Crippen molar-refractivity contribution in [3.05, 3.63) is 29.8 Å². The van der Waals surface area contributed by atoms with E-state index in [2.05, 4.69) is 12.2 Å². The van der Waals surface area contributed by atoms with Crippen molar-refractivity contribution in [1.82, 2.24) is 10.2 Å². The molecule has 2 aliphatic rings. The molecule has 4 nitrogen and oxygen atoms in total. The Morgan fingerprint density at radius 1 is 1.30 bits per heavy atom. The molecule has 0 aromatic heterocycles. The largest absolute Gasteiger partial charge is 0.508 e. The second-order valence-corrected chi connectivity index (χ2v) is 6.94. The van der Waals surface area contributed by atoms with Gasteiger partial charge in [-0.05, 0) is 31.7 Å². The number of rotatable bonds is 5. The predicted octanol–water partition coefficient (Wildman–Crippen LogP) is 3.22. The van der Waals surface area contributed by atoms with Crippen LogP contribution in [-0.2, 0) is 4.79 Å². The first-order valence-corrected chi connectivity index (χ1v) is 9.01. The first-order valence-electron chi connectivity index (χ1n) is 9.01. The number of carbonyl (C=O) groups is 1. The molecule has 3 rings (SSSR count). The van der Waals surface area contributed by atoms with Gasteiger partial charge in [0.1, 0.15) is 5.75 Å². The van der Waals surface area contributed by atoms with Crippen LogP contribution in [0.3, 0.4) is 0 Å². The lowest BCUT2D eigenvalue weighted by Crippen LogP contribution is -2.38. The minimum atomic E-state index is 0.141. The number of amides is 1. The van der Waals surface area contributed by atoms with Crippen molar-refractivity contribution in [2.45, 2.75) is 57.5 Å². The van der Waals surface area contributed by atoms with Gasteiger partial charge in [-0.1, -0.05) is 38.0 Å². The van der Waals surface area contributed by atoms with Crippen LogP contribution < -0.4 is 5.32 Å². The van der Waals surface area contributed by atoms with Crippen LogP contribution in [0.1, 0.15) is 57.1 Å². The lowest BCUT2D eigenvalue weighted by atomic mass is 10.0. The van der Waals surface area contributed by atoms with E-state index < -0.39 is 0 Å². The fraction of sp³-hybridized carbons (Fsp3) is 0.632. The first-order chi connectivity index (χ1) is 11.2. The van der Waals surface area contributed by atoms with Gasteiger partial charge in [0.25, 0.3) is 0 Å². The van der Waals surface area contributed by atoms with Crippen LogP contribution in [-0.4, -0.2) is 35.0 Å². The molecule has 1 aromatic carbocycles. The molecular weight excluding hydrogens is 288 g/mol. The molecule has 23 heavy (non-hydrogen) atoms. The monoisotopic (exact) mass is 316 g/mol. The number of benzene rings is 1. The molecule has 1 aliphatic carbocycles. The van der Waals surface area contributed by atoms with Crippen molar-refractivity contribution in [2.75, 3.05) is 13.1 Å². The Kier molecular flexibility index (Phi) is 5.21. The number of carbonyl (C=O) groups excluding carboxylic acids is 1. The Morgan fingerprint density at radius 2 is 2.04 bits per heavy atom. The summed E-state index contributed by atoms with van der Waals surface area (Å²) >= 11 is 0. The SMILES string of the molecule is CC[C@@H](N[C@@H]1CCN(C(=O)C2CCCC2)C1)c1ccccc1O. The van der Waals surface area contributed by atoms with Crippen LogP contribution in [0.15, 0.2) is 24.3 Å². The van der Waals surface area contributed by atoms with Gasteiger partial charge in [-0.3, -0.25) is 4.79 Å². The van der Waals surface area contributed by atoms with Crippen molar-refractivity contribution in [3.8, 4) is 5.75 Å². The van der Waals surface area contributed by atoms with Gasteiger partial charge < -0.3 is 15.3 Å². The van der Waals surface area contributed by atoms with Gasteiger partial charge in [-0.2, -0.15) is 0 Å². The second kappa shape index (κ2) is 7.35. The zero-order valence-electron chi connectivity index (χ0n) is 14.0. The van der Waals surface area contributed by atoms with Gasteiger partial charge in [-0.25, -0.2) is 0 Å². The molecule has 0 radical (unpaired) electrons. The number of phenolic OH excluding ortho intramolecular Hbond substituents is 1. The number of likely N-dealkylation sites (tertiary alicyclic amines) is 1. The third kappa shape index (κ3) is 3.69. The van der Waals surface area contributed by atoms with Crippen molar-refractivity contribution in [3.63, 3.8) is 0 Å². The molecule has 1 aliphatic heterocycles. The van der Waals surface area contributed by atoms with Gasteiger partial charge >= 0.3 is 0 Å². The number of hydrogen-bond acceptors (Lipinski definition) is 3. The second-order valence-electron chi connectivity index (χ2n) is 6.94. The van der Waals surface area contributed by atoms with E-state index in [1.165, 1.54) is 12.8 Å². The van der Waals surface area contributed by atoms with Crippen LogP contribution in [0, 0.1) is 5.92 Å². The normalized spacial score (nSPS) is 23.3. The molecule has 4 heteroatoms. The lowest BCUT2D eigenvalue weighted by molar-refractivity contribution is -0.134. The van der Waals surface area contributed by atoms with Crippen molar-refractivity contribution < 1.29 is 9.90 Å². The standard InChI is InChI=1S/C19H28N2O2/c1-2-17(16-9-5-6-10-18(16)22)20-15-11-12-21(13-15)19(23)14-7-3-4-8-14/h5-6,9-10,14-15,17,20,22H,2-4,7-8,11-13H2,1H3/t15-,17-/m1/s1. The van der Waals surface area contributed by atoms with Gasteiger partial charge in [0.15, 0.2) is 0 Å². The summed E-state index contributed by atoms with van der Waals surface area (Å²) in [4.78, 5) is 14.6. The summed E-state index contributed by atoms with van der Waals surface area (Å²) in [6.07, 6.45) is 6.48. The Hall–Kier alpha value is -1.55. The summed E-state index contributed by atoms with van der Waals surface area (Å²) in [6, 6.07) is 8.00. The van der Waals surface area contributed by atoms with Crippen LogP contribution >= 0.6 is 0 Å². The Labute approximate surface area is 138 Å². The fourth-order valence-electron chi connectivity index (χ4n) is 4.02. The molecule has 126 valence electrons. The quantitative estimate of drug-likeness (QED) is 0.877. The third-order valence-electron chi connectivity index (χ3n) is 5.36. The summed E-state index contributed by atoms with van der Waals surface area (Å²) in [5.41, 5.74) is 0.954. The highest BCUT2D eigenvalue weighted by atomic mass is 16.3. The average Bonchev–Trinajstić information content (AvgIpc) is 3.24. The van der Waals surface area contributed by atoms with Gasteiger partial charge in [0.05, 0.1) is 0 Å². The van der Waals surface area contributed by atoms with E-state index in [0.29, 0.717) is 17.7 Å². The van der Waals surface area contributed by atoms with Gasteiger partial charge in [-0.15, -0.1) is 0 Å². The van der Waals surface area contributed by atoms with Crippen molar-refractivity contribution in [1.29, 1.82) is 0 Å². The van der Waals surface area contributed by atoms with E-state index in [0.717, 1.165) is 44.3 Å². The Bertz CT molecular complexity index is 540. The summed E-state index contributed by atoms with van der Waals surface area (Å²) < 4.78 is 0. The molecule has 1 amide bonds. The maximum Gasteiger partial charge on any atom is 0.225 e. The van der Waals surface area contributed by atoms with E-state index in [4.69, 9.17) is 0 Å². The summed E-state index contributed by atoms with van der Waals surface area (Å²) in [7, 11) is 0. The number of phenols is 1. The molecular formula is C19H28N2O2. The number of para-hydroxylation sites is 1. The smallest absolute Gasteiger partial charge is 0.225 e. The maximum absolute atomic E-state index is 12.5. The van der Waals surface area contributed by atoms with Crippen molar-refractivity contribution >= 4 is 5.91 Å². The maximum atomic E-state index is 12.5. The Balaban J connectivity index is 1.58. The van der Waals surface area contributed by atoms with Gasteiger partial charge in [0, 0.05) is 36.7 Å². The number of nitrogens with zero attached hydrogens (tertiary/aromatic N) is 1.